The molecule has 62 heavy (non-hydrogen) atoms. The van der Waals surface area contributed by atoms with Crippen LogP contribution in [0.25, 0.3) is 11.1 Å². The molecule has 2 aromatic carbocycles. The van der Waals surface area contributed by atoms with Crippen LogP contribution in [0.5, 0.6) is 0 Å². The quantitative estimate of drug-likeness (QED) is 0.0783. The number of ether oxygens (including phenoxy) is 14. The molecule has 0 aliphatic heterocycles. The summed E-state index contributed by atoms with van der Waals surface area (Å²) in [5.41, 5.74) is 7.99. The molecular formula is C48H78O14. The van der Waals surface area contributed by atoms with E-state index < -0.39 is 0 Å². The second-order valence-corrected chi connectivity index (χ2v) is 15.4. The average Bonchev–Trinajstić information content (AvgIpc) is 3.77. The maximum absolute atomic E-state index is 6.37. The molecule has 14 nitrogen and oxygen atoms in total. The molecule has 2 aliphatic carbocycles. The standard InChI is InChI=1S/C48H78O14/c1-5-50-14-15-51-16-17-52-18-19-53-20-21-54-22-23-55-24-25-56-26-27-57-28-29-58-30-31-59-32-33-60-34-35-62-39-43-9-8-42(38-61-13-12-49-4)48(43)46-36-40(2)6-10-44(46)45-11-7-41(3)37-47(45)48/h6-7,10-11,36-37,42-43H,5,8-9,12-35,38-39H2,1-4H3. The molecule has 0 aromatic heterocycles. The van der Waals surface area contributed by atoms with Gasteiger partial charge in [-0.15, -0.1) is 0 Å². The highest BCUT2D eigenvalue weighted by atomic mass is 16.6. The van der Waals surface area contributed by atoms with Gasteiger partial charge in [-0.1, -0.05) is 47.5 Å². The van der Waals surface area contributed by atoms with Gasteiger partial charge in [-0.05, 0) is 67.7 Å². The lowest BCUT2D eigenvalue weighted by atomic mass is 9.65. The third-order valence-electron chi connectivity index (χ3n) is 11.0. The first-order chi connectivity index (χ1) is 30.6. The topological polar surface area (TPSA) is 129 Å². The zero-order valence-electron chi connectivity index (χ0n) is 38.3. The van der Waals surface area contributed by atoms with E-state index >= 15 is 0 Å². The number of hydrogen-bond donors (Lipinski definition) is 0. The molecule has 0 saturated heterocycles. The fraction of sp³-hybridized carbons (Fsp3) is 0.750. The normalized spacial score (nSPS) is 16.5. The molecule has 1 spiro atoms. The van der Waals surface area contributed by atoms with Crippen LogP contribution in [0.1, 0.15) is 42.0 Å². The molecule has 1 fully saturated rings. The van der Waals surface area contributed by atoms with Gasteiger partial charge in [0.2, 0.25) is 0 Å². The Morgan fingerprint density at radius 2 is 0.661 bits per heavy atom. The maximum Gasteiger partial charge on any atom is 0.0701 e. The highest BCUT2D eigenvalue weighted by molar-refractivity contribution is 5.82. The molecule has 2 atom stereocenters. The van der Waals surface area contributed by atoms with E-state index in [4.69, 9.17) is 66.3 Å². The molecule has 0 radical (unpaired) electrons. The molecule has 2 aliphatic rings. The third kappa shape index (κ3) is 18.8. The molecule has 0 N–H and O–H groups in total. The number of benzene rings is 2. The third-order valence-corrected chi connectivity index (χ3v) is 11.0. The van der Waals surface area contributed by atoms with E-state index in [2.05, 4.69) is 50.2 Å². The van der Waals surface area contributed by atoms with Crippen LogP contribution in [0, 0.1) is 25.7 Å². The summed E-state index contributed by atoms with van der Waals surface area (Å²) >= 11 is 0. The van der Waals surface area contributed by atoms with Gasteiger partial charge in [0.05, 0.1) is 172 Å². The molecule has 2 aromatic rings. The number of hydrogen-bond acceptors (Lipinski definition) is 14. The Morgan fingerprint density at radius 3 is 0.952 bits per heavy atom. The maximum atomic E-state index is 6.37. The van der Waals surface area contributed by atoms with Gasteiger partial charge in [0.15, 0.2) is 0 Å². The van der Waals surface area contributed by atoms with Crippen molar-refractivity contribution in [2.75, 3.05) is 185 Å². The number of fused-ring (bicyclic) bond motifs is 5. The van der Waals surface area contributed by atoms with Crippen LogP contribution in [0.2, 0.25) is 0 Å². The summed E-state index contributed by atoms with van der Waals surface area (Å²) in [7, 11) is 1.72. The summed E-state index contributed by atoms with van der Waals surface area (Å²) < 4.78 is 78.7. The van der Waals surface area contributed by atoms with Crippen molar-refractivity contribution in [2.45, 2.75) is 39.0 Å². The van der Waals surface area contributed by atoms with Gasteiger partial charge >= 0.3 is 0 Å². The van der Waals surface area contributed by atoms with Crippen molar-refractivity contribution in [3.8, 4) is 11.1 Å². The lowest BCUT2D eigenvalue weighted by Gasteiger charge is -2.39. The number of methoxy groups -OCH3 is 1. The minimum Gasteiger partial charge on any atom is -0.382 e. The van der Waals surface area contributed by atoms with Crippen LogP contribution in [-0.4, -0.2) is 185 Å². The monoisotopic (exact) mass is 879 g/mol. The second-order valence-electron chi connectivity index (χ2n) is 15.4. The summed E-state index contributed by atoms with van der Waals surface area (Å²) in [5, 5.41) is 0. The molecule has 0 amide bonds. The molecule has 2 unspecified atom stereocenters. The lowest BCUT2D eigenvalue weighted by molar-refractivity contribution is -0.0289. The van der Waals surface area contributed by atoms with E-state index in [0.29, 0.717) is 190 Å². The van der Waals surface area contributed by atoms with Gasteiger partial charge in [-0.3, -0.25) is 0 Å². The molecule has 354 valence electrons. The minimum atomic E-state index is -0.143. The first kappa shape index (κ1) is 52.5. The van der Waals surface area contributed by atoms with Crippen LogP contribution in [0.15, 0.2) is 36.4 Å². The lowest BCUT2D eigenvalue weighted by Crippen LogP contribution is -2.41. The Hall–Kier alpha value is -2.12. The molecule has 0 bridgehead atoms. The van der Waals surface area contributed by atoms with Crippen molar-refractivity contribution in [1.82, 2.24) is 0 Å². The van der Waals surface area contributed by atoms with E-state index in [1.54, 1.807) is 7.11 Å². The van der Waals surface area contributed by atoms with Gasteiger partial charge < -0.3 is 66.3 Å². The van der Waals surface area contributed by atoms with E-state index in [9.17, 15) is 0 Å². The highest BCUT2D eigenvalue weighted by Gasteiger charge is 2.57. The van der Waals surface area contributed by atoms with Crippen molar-refractivity contribution < 1.29 is 66.3 Å². The Bertz CT molecular complexity index is 1360. The van der Waals surface area contributed by atoms with Crippen LogP contribution in [0.3, 0.4) is 0 Å². The van der Waals surface area contributed by atoms with Crippen molar-refractivity contribution in [2.24, 2.45) is 11.8 Å². The van der Waals surface area contributed by atoms with Crippen LogP contribution in [-0.2, 0) is 71.7 Å². The zero-order valence-corrected chi connectivity index (χ0v) is 38.3. The van der Waals surface area contributed by atoms with Crippen molar-refractivity contribution in [1.29, 1.82) is 0 Å². The Labute approximate surface area is 371 Å². The largest absolute Gasteiger partial charge is 0.382 e. The van der Waals surface area contributed by atoms with E-state index in [-0.39, 0.29) is 5.41 Å². The predicted molar refractivity (Wildman–Crippen MR) is 237 cm³/mol. The Kier molecular flexibility index (Phi) is 28.3. The number of rotatable bonds is 41. The minimum absolute atomic E-state index is 0.143. The molecule has 1 saturated carbocycles. The van der Waals surface area contributed by atoms with Crippen LogP contribution < -0.4 is 0 Å². The Morgan fingerprint density at radius 1 is 0.387 bits per heavy atom. The van der Waals surface area contributed by atoms with Crippen LogP contribution >= 0.6 is 0 Å². The van der Waals surface area contributed by atoms with Gasteiger partial charge in [-0.25, -0.2) is 0 Å². The van der Waals surface area contributed by atoms with Gasteiger partial charge in [0.25, 0.3) is 0 Å². The molecule has 4 rings (SSSR count). The van der Waals surface area contributed by atoms with Crippen molar-refractivity contribution in [3.63, 3.8) is 0 Å². The highest BCUT2D eigenvalue weighted by Crippen LogP contribution is 2.62. The fourth-order valence-electron chi connectivity index (χ4n) is 8.17. The zero-order chi connectivity index (χ0) is 43.8. The average molecular weight is 879 g/mol. The van der Waals surface area contributed by atoms with Gasteiger partial charge in [0, 0.05) is 19.1 Å². The second kappa shape index (κ2) is 33.4. The summed E-state index contributed by atoms with van der Waals surface area (Å²) in [4.78, 5) is 0. The van der Waals surface area contributed by atoms with E-state index in [0.717, 1.165) is 12.8 Å². The van der Waals surface area contributed by atoms with E-state index in [1.807, 2.05) is 6.92 Å². The molecule has 0 heterocycles. The van der Waals surface area contributed by atoms with Gasteiger partial charge in [-0.2, -0.15) is 0 Å². The summed E-state index contributed by atoms with van der Waals surface area (Å²) in [6.45, 7) is 21.2. The van der Waals surface area contributed by atoms with E-state index in [1.165, 1.54) is 33.4 Å². The number of aryl methyl sites for hydroxylation is 2. The predicted octanol–water partition coefficient (Wildman–Crippen LogP) is 5.48. The van der Waals surface area contributed by atoms with Crippen LogP contribution in [0.4, 0.5) is 0 Å². The summed E-state index contributed by atoms with van der Waals surface area (Å²) in [6, 6.07) is 13.9. The van der Waals surface area contributed by atoms with Gasteiger partial charge in [0.1, 0.15) is 0 Å². The Balaban J connectivity index is 0.916. The first-order valence-electron chi connectivity index (χ1n) is 22.8. The molecular weight excluding hydrogens is 801 g/mol. The van der Waals surface area contributed by atoms with Crippen molar-refractivity contribution in [3.05, 3.63) is 58.7 Å². The smallest absolute Gasteiger partial charge is 0.0701 e. The fourth-order valence-corrected chi connectivity index (χ4v) is 8.17. The SMILES string of the molecule is CCOCCOCCOCCOCCOCCOCCOCCOCCOCCOCCOCCOCC1CCC(COCCOC)C12c1cc(C)ccc1-c1ccc(C)cc12. The van der Waals surface area contributed by atoms with Crippen molar-refractivity contribution >= 4 is 0 Å². The summed E-state index contributed by atoms with van der Waals surface area (Å²) in [6.07, 6.45) is 2.19. The first-order valence-corrected chi connectivity index (χ1v) is 22.8. The molecule has 14 heteroatoms. The summed E-state index contributed by atoms with van der Waals surface area (Å²) in [5.74, 6) is 0.702.